The normalized spacial score (nSPS) is 20.0. The smallest absolute Gasteiger partial charge is 0.353 e. The second kappa shape index (κ2) is 7.55. The molecule has 8 nitrogen and oxygen atoms in total. The number of nitro groups is 1. The Morgan fingerprint density at radius 1 is 1.23 bits per heavy atom. The van der Waals surface area contributed by atoms with Crippen molar-refractivity contribution < 1.29 is 4.92 Å². The van der Waals surface area contributed by atoms with Crippen LogP contribution in [0.4, 0.5) is 23.3 Å². The monoisotopic (exact) mass is 356 g/mol. The fourth-order valence-electron chi connectivity index (χ4n) is 3.55. The summed E-state index contributed by atoms with van der Waals surface area (Å²) in [6, 6.07) is 9.81. The van der Waals surface area contributed by atoms with Crippen molar-refractivity contribution >= 4 is 23.3 Å². The largest absolute Gasteiger partial charge is 0.378 e. The Bertz CT molecular complexity index is 773. The number of nitrogen functional groups attached to an aromatic ring is 1. The van der Waals surface area contributed by atoms with Gasteiger partial charge in [0.2, 0.25) is 17.6 Å². The highest BCUT2D eigenvalue weighted by molar-refractivity contribution is 5.71. The van der Waals surface area contributed by atoms with Crippen LogP contribution in [0, 0.1) is 22.0 Å². The zero-order valence-electron chi connectivity index (χ0n) is 15.1. The van der Waals surface area contributed by atoms with Crippen molar-refractivity contribution in [2.45, 2.75) is 26.8 Å². The predicted molar refractivity (Wildman–Crippen MR) is 102 cm³/mol. The number of nitrogens with two attached hydrogens (primary N) is 1. The van der Waals surface area contributed by atoms with Crippen LogP contribution in [0.15, 0.2) is 30.3 Å². The van der Waals surface area contributed by atoms with E-state index in [0.717, 1.165) is 25.1 Å². The summed E-state index contributed by atoms with van der Waals surface area (Å²) >= 11 is 0. The van der Waals surface area contributed by atoms with Gasteiger partial charge in [0, 0.05) is 19.6 Å². The number of benzene rings is 1. The van der Waals surface area contributed by atoms with E-state index in [1.54, 1.807) is 0 Å². The molecule has 1 aromatic carbocycles. The minimum atomic E-state index is -0.490. The number of hydrogen-bond acceptors (Lipinski definition) is 7. The molecule has 0 bridgehead atoms. The number of nitrogens with one attached hydrogen (secondary N) is 1. The third kappa shape index (κ3) is 4.01. The van der Waals surface area contributed by atoms with E-state index in [0.29, 0.717) is 30.1 Å². The molecular formula is C18H24N6O2. The van der Waals surface area contributed by atoms with Crippen LogP contribution in [0.5, 0.6) is 0 Å². The summed E-state index contributed by atoms with van der Waals surface area (Å²) in [5, 5.41) is 14.7. The van der Waals surface area contributed by atoms with Gasteiger partial charge in [0.25, 0.3) is 0 Å². The molecular weight excluding hydrogens is 332 g/mol. The Hall–Kier alpha value is -2.90. The number of piperidine rings is 1. The molecule has 2 aromatic rings. The van der Waals surface area contributed by atoms with Crippen LogP contribution in [-0.4, -0.2) is 28.0 Å². The molecule has 1 fully saturated rings. The maximum Gasteiger partial charge on any atom is 0.353 e. The van der Waals surface area contributed by atoms with E-state index in [1.165, 1.54) is 0 Å². The first kappa shape index (κ1) is 17.9. The number of hydrogen-bond donors (Lipinski definition) is 2. The van der Waals surface area contributed by atoms with Gasteiger partial charge in [0.1, 0.15) is 0 Å². The molecule has 1 aliphatic heterocycles. The van der Waals surface area contributed by atoms with Crippen LogP contribution in [0.1, 0.15) is 25.8 Å². The van der Waals surface area contributed by atoms with Gasteiger partial charge < -0.3 is 16.0 Å². The number of anilines is 3. The lowest BCUT2D eigenvalue weighted by molar-refractivity contribution is -0.383. The number of rotatable bonds is 5. The maximum atomic E-state index is 11.5. The summed E-state index contributed by atoms with van der Waals surface area (Å²) in [5.74, 6) is 1.38. The maximum absolute atomic E-state index is 11.5. The average Bonchev–Trinajstić information content (AvgIpc) is 2.59. The number of nitrogens with zero attached hydrogens (tertiary/aromatic N) is 4. The minimum absolute atomic E-state index is 0.110. The molecule has 0 saturated carbocycles. The van der Waals surface area contributed by atoms with E-state index >= 15 is 0 Å². The van der Waals surface area contributed by atoms with Gasteiger partial charge in [-0.15, -0.1) is 0 Å². The minimum Gasteiger partial charge on any atom is -0.378 e. The summed E-state index contributed by atoms with van der Waals surface area (Å²) in [6.07, 6.45) is 1.10. The van der Waals surface area contributed by atoms with E-state index in [-0.39, 0.29) is 11.5 Å². The molecule has 8 heteroatoms. The highest BCUT2D eigenvalue weighted by Crippen LogP contribution is 2.35. The van der Waals surface area contributed by atoms with Crippen molar-refractivity contribution in [2.75, 3.05) is 29.0 Å². The van der Waals surface area contributed by atoms with Crippen LogP contribution >= 0.6 is 0 Å². The zero-order chi connectivity index (χ0) is 18.7. The lowest BCUT2D eigenvalue weighted by atomic mass is 9.92. The molecule has 3 N–H and O–H groups in total. The Kier molecular flexibility index (Phi) is 5.20. The Balaban J connectivity index is 1.90. The topological polar surface area (TPSA) is 110 Å². The molecule has 1 saturated heterocycles. The summed E-state index contributed by atoms with van der Waals surface area (Å²) < 4.78 is 0. The summed E-state index contributed by atoms with van der Waals surface area (Å²) in [4.78, 5) is 21.5. The Morgan fingerprint density at radius 2 is 1.88 bits per heavy atom. The lowest BCUT2D eigenvalue weighted by Gasteiger charge is -2.35. The first-order valence-electron chi connectivity index (χ1n) is 8.78. The van der Waals surface area contributed by atoms with Crippen LogP contribution in [0.3, 0.4) is 0 Å². The van der Waals surface area contributed by atoms with Gasteiger partial charge in [0.05, 0.1) is 4.92 Å². The molecule has 0 unspecified atom stereocenters. The van der Waals surface area contributed by atoms with Crippen molar-refractivity contribution in [1.82, 2.24) is 9.97 Å². The number of aromatic nitrogens is 2. The summed E-state index contributed by atoms with van der Waals surface area (Å²) in [6.45, 7) is 6.26. The van der Waals surface area contributed by atoms with E-state index in [2.05, 4.69) is 29.1 Å². The van der Waals surface area contributed by atoms with Gasteiger partial charge in [-0.25, -0.2) is 0 Å². The molecule has 0 radical (unpaired) electrons. The van der Waals surface area contributed by atoms with Crippen LogP contribution in [-0.2, 0) is 6.54 Å². The van der Waals surface area contributed by atoms with Crippen molar-refractivity contribution in [3.8, 4) is 0 Å². The third-order valence-corrected chi connectivity index (χ3v) is 4.54. The SMILES string of the molecule is C[C@@H]1C[C@H](C)CN(c2nc(NCc3ccccc3)nc(N)c2[N+](=O)[O-])C1. The molecule has 2 heterocycles. The van der Waals surface area contributed by atoms with E-state index in [9.17, 15) is 10.1 Å². The molecule has 3 rings (SSSR count). The second-order valence-electron chi connectivity index (χ2n) is 7.05. The van der Waals surface area contributed by atoms with Gasteiger partial charge in [-0.2, -0.15) is 9.97 Å². The first-order valence-corrected chi connectivity index (χ1v) is 8.78. The molecule has 0 aliphatic carbocycles. The fourth-order valence-corrected chi connectivity index (χ4v) is 3.55. The van der Waals surface area contributed by atoms with E-state index in [1.807, 2.05) is 35.2 Å². The van der Waals surface area contributed by atoms with E-state index in [4.69, 9.17) is 5.73 Å². The molecule has 26 heavy (non-hydrogen) atoms. The van der Waals surface area contributed by atoms with Crippen molar-refractivity contribution in [2.24, 2.45) is 11.8 Å². The van der Waals surface area contributed by atoms with Crippen LogP contribution in [0.2, 0.25) is 0 Å². The quantitative estimate of drug-likeness (QED) is 0.625. The second-order valence-corrected chi connectivity index (χ2v) is 7.05. The standard InChI is InChI=1S/C18H24N6O2/c1-12-8-13(2)11-23(10-12)17-15(24(25)26)16(19)21-18(22-17)20-9-14-6-4-3-5-7-14/h3-7,12-13H,8-11H2,1-2H3,(H3,19,20,21,22)/t12-,13+. The Labute approximate surface area is 152 Å². The van der Waals surface area contributed by atoms with Gasteiger partial charge in [-0.05, 0) is 23.8 Å². The molecule has 2 atom stereocenters. The highest BCUT2D eigenvalue weighted by atomic mass is 16.6. The van der Waals surface area contributed by atoms with Crippen molar-refractivity contribution in [3.05, 3.63) is 46.0 Å². The molecule has 0 spiro atoms. The van der Waals surface area contributed by atoms with Gasteiger partial charge in [-0.1, -0.05) is 44.2 Å². The van der Waals surface area contributed by atoms with E-state index < -0.39 is 4.92 Å². The predicted octanol–water partition coefficient (Wildman–Crippen LogP) is 3.06. The first-order chi connectivity index (χ1) is 12.4. The lowest BCUT2D eigenvalue weighted by Crippen LogP contribution is -2.39. The molecule has 0 amide bonds. The van der Waals surface area contributed by atoms with Crippen molar-refractivity contribution in [3.63, 3.8) is 0 Å². The molecule has 1 aliphatic rings. The Morgan fingerprint density at radius 3 is 2.50 bits per heavy atom. The van der Waals surface area contributed by atoms with Crippen molar-refractivity contribution in [1.29, 1.82) is 0 Å². The van der Waals surface area contributed by atoms with Crippen LogP contribution < -0.4 is 16.0 Å². The van der Waals surface area contributed by atoms with Gasteiger partial charge in [-0.3, -0.25) is 10.1 Å². The average molecular weight is 356 g/mol. The van der Waals surface area contributed by atoms with Gasteiger partial charge in [0.15, 0.2) is 0 Å². The van der Waals surface area contributed by atoms with Gasteiger partial charge >= 0.3 is 5.69 Å². The fraction of sp³-hybridized carbons (Fsp3) is 0.444. The summed E-state index contributed by atoms with van der Waals surface area (Å²) in [5.41, 5.74) is 6.76. The third-order valence-electron chi connectivity index (χ3n) is 4.54. The molecule has 138 valence electrons. The summed E-state index contributed by atoms with van der Waals surface area (Å²) in [7, 11) is 0. The highest BCUT2D eigenvalue weighted by Gasteiger charge is 2.31. The molecule has 1 aromatic heterocycles. The zero-order valence-corrected chi connectivity index (χ0v) is 15.1. The van der Waals surface area contributed by atoms with Crippen LogP contribution in [0.25, 0.3) is 0 Å².